The van der Waals surface area contributed by atoms with Crippen molar-refractivity contribution in [2.75, 3.05) is 19.6 Å². The Labute approximate surface area is 97.3 Å². The van der Waals surface area contributed by atoms with E-state index in [2.05, 4.69) is 10.6 Å². The largest absolute Gasteiger partial charge is 0.353 e. The minimum atomic E-state index is 0.181. The molecule has 1 heterocycles. The van der Waals surface area contributed by atoms with Crippen molar-refractivity contribution in [2.24, 2.45) is 17.6 Å². The van der Waals surface area contributed by atoms with Crippen LogP contribution in [-0.4, -0.2) is 31.6 Å². The van der Waals surface area contributed by atoms with Crippen molar-refractivity contribution in [2.45, 2.75) is 38.1 Å². The molecular weight excluding hydrogens is 202 g/mol. The Bertz CT molecular complexity index is 238. The Morgan fingerprint density at radius 3 is 2.81 bits per heavy atom. The lowest BCUT2D eigenvalue weighted by molar-refractivity contribution is -0.125. The molecule has 3 atom stereocenters. The second-order valence-corrected chi connectivity index (χ2v) is 5.09. The molecule has 0 aromatic carbocycles. The van der Waals surface area contributed by atoms with Crippen LogP contribution in [0, 0.1) is 11.8 Å². The van der Waals surface area contributed by atoms with Gasteiger partial charge in [0.1, 0.15) is 0 Å². The molecular formula is C12H23N3O. The molecule has 0 bridgehead atoms. The zero-order chi connectivity index (χ0) is 11.4. The van der Waals surface area contributed by atoms with Crippen LogP contribution in [-0.2, 0) is 4.79 Å². The van der Waals surface area contributed by atoms with E-state index in [1.54, 1.807) is 0 Å². The Morgan fingerprint density at radius 1 is 1.31 bits per heavy atom. The zero-order valence-corrected chi connectivity index (χ0v) is 9.87. The molecule has 2 fully saturated rings. The first-order chi connectivity index (χ1) is 7.81. The normalized spacial score (nSPS) is 34.9. The monoisotopic (exact) mass is 225 g/mol. The van der Waals surface area contributed by atoms with E-state index < -0.39 is 0 Å². The average Bonchev–Trinajstić information content (AvgIpc) is 2.83. The van der Waals surface area contributed by atoms with Gasteiger partial charge >= 0.3 is 0 Å². The lowest BCUT2D eigenvalue weighted by Gasteiger charge is -2.32. The van der Waals surface area contributed by atoms with Gasteiger partial charge in [-0.15, -0.1) is 0 Å². The van der Waals surface area contributed by atoms with Crippen LogP contribution in [0.5, 0.6) is 0 Å². The lowest BCUT2D eigenvalue weighted by Crippen LogP contribution is -2.47. The van der Waals surface area contributed by atoms with Crippen LogP contribution in [0.25, 0.3) is 0 Å². The summed E-state index contributed by atoms with van der Waals surface area (Å²) >= 11 is 0. The fraction of sp³-hybridized carbons (Fsp3) is 0.917. The van der Waals surface area contributed by atoms with Crippen LogP contribution in [0.2, 0.25) is 0 Å². The van der Waals surface area contributed by atoms with Crippen molar-refractivity contribution in [1.29, 1.82) is 0 Å². The summed E-state index contributed by atoms with van der Waals surface area (Å²) in [6.07, 6.45) is 5.74. The number of nitrogens with two attached hydrogens (primary N) is 1. The maximum absolute atomic E-state index is 12.0. The number of carbonyl (C=O) groups is 1. The summed E-state index contributed by atoms with van der Waals surface area (Å²) in [5.41, 5.74) is 5.76. The van der Waals surface area contributed by atoms with Gasteiger partial charge in [0.05, 0.1) is 5.92 Å². The molecule has 1 aliphatic heterocycles. The van der Waals surface area contributed by atoms with Crippen LogP contribution in [0.15, 0.2) is 0 Å². The third kappa shape index (κ3) is 2.74. The predicted octanol–water partition coefficient (Wildman–Crippen LogP) is 0.230. The van der Waals surface area contributed by atoms with Gasteiger partial charge in [0.2, 0.25) is 5.91 Å². The van der Waals surface area contributed by atoms with Crippen molar-refractivity contribution in [3.63, 3.8) is 0 Å². The summed E-state index contributed by atoms with van der Waals surface area (Å²) in [5.74, 6) is 0.905. The summed E-state index contributed by atoms with van der Waals surface area (Å²) in [4.78, 5) is 12.0. The number of rotatable bonds is 3. The SMILES string of the molecule is NCC1CCCCC1NC(=O)C1CCNC1. The second kappa shape index (κ2) is 5.64. The third-order valence-corrected chi connectivity index (χ3v) is 3.97. The smallest absolute Gasteiger partial charge is 0.224 e. The zero-order valence-electron chi connectivity index (χ0n) is 9.87. The summed E-state index contributed by atoms with van der Waals surface area (Å²) in [7, 11) is 0. The molecule has 16 heavy (non-hydrogen) atoms. The van der Waals surface area contributed by atoms with Crippen molar-refractivity contribution in [3.8, 4) is 0 Å². The van der Waals surface area contributed by atoms with Gasteiger partial charge < -0.3 is 16.4 Å². The van der Waals surface area contributed by atoms with E-state index in [0.29, 0.717) is 18.5 Å². The van der Waals surface area contributed by atoms with Gasteiger partial charge in [-0.1, -0.05) is 12.8 Å². The van der Waals surface area contributed by atoms with Gasteiger partial charge in [0.15, 0.2) is 0 Å². The molecule has 3 unspecified atom stereocenters. The molecule has 0 aromatic heterocycles. The Morgan fingerprint density at radius 2 is 2.12 bits per heavy atom. The molecule has 4 nitrogen and oxygen atoms in total. The molecule has 4 N–H and O–H groups in total. The first-order valence-electron chi connectivity index (χ1n) is 6.52. The van der Waals surface area contributed by atoms with Gasteiger partial charge in [-0.2, -0.15) is 0 Å². The van der Waals surface area contributed by atoms with Crippen LogP contribution in [0.1, 0.15) is 32.1 Å². The average molecular weight is 225 g/mol. The summed E-state index contributed by atoms with van der Waals surface area (Å²) in [6, 6.07) is 0.326. The minimum Gasteiger partial charge on any atom is -0.353 e. The highest BCUT2D eigenvalue weighted by atomic mass is 16.2. The lowest BCUT2D eigenvalue weighted by atomic mass is 9.84. The number of hydrogen-bond acceptors (Lipinski definition) is 3. The van der Waals surface area contributed by atoms with Crippen LogP contribution in [0.4, 0.5) is 0 Å². The van der Waals surface area contributed by atoms with E-state index >= 15 is 0 Å². The molecule has 0 aromatic rings. The van der Waals surface area contributed by atoms with E-state index in [4.69, 9.17) is 5.73 Å². The second-order valence-electron chi connectivity index (χ2n) is 5.09. The summed E-state index contributed by atoms with van der Waals surface area (Å²) in [5, 5.41) is 6.43. The first-order valence-corrected chi connectivity index (χ1v) is 6.52. The molecule has 92 valence electrons. The molecule has 4 heteroatoms. The number of amides is 1. The van der Waals surface area contributed by atoms with Crippen LogP contribution in [0.3, 0.4) is 0 Å². The molecule has 2 aliphatic rings. The topological polar surface area (TPSA) is 67.1 Å². The number of carbonyl (C=O) groups excluding carboxylic acids is 1. The van der Waals surface area contributed by atoms with Crippen LogP contribution < -0.4 is 16.4 Å². The maximum atomic E-state index is 12.0. The molecule has 0 radical (unpaired) electrons. The van der Waals surface area contributed by atoms with Gasteiger partial charge in [0, 0.05) is 12.6 Å². The molecule has 0 spiro atoms. The molecule has 1 amide bonds. The van der Waals surface area contributed by atoms with Gasteiger partial charge in [-0.05, 0) is 38.3 Å². The Hall–Kier alpha value is -0.610. The number of nitrogens with one attached hydrogen (secondary N) is 2. The summed E-state index contributed by atoms with van der Waals surface area (Å²) in [6.45, 7) is 2.52. The quantitative estimate of drug-likeness (QED) is 0.644. The van der Waals surface area contributed by atoms with Crippen molar-refractivity contribution in [1.82, 2.24) is 10.6 Å². The van der Waals surface area contributed by atoms with E-state index in [1.807, 2.05) is 0 Å². The van der Waals surface area contributed by atoms with Gasteiger partial charge in [-0.25, -0.2) is 0 Å². The maximum Gasteiger partial charge on any atom is 0.224 e. The van der Waals surface area contributed by atoms with Crippen molar-refractivity contribution in [3.05, 3.63) is 0 Å². The fourth-order valence-electron chi connectivity index (χ4n) is 2.86. The highest BCUT2D eigenvalue weighted by molar-refractivity contribution is 5.79. The number of hydrogen-bond donors (Lipinski definition) is 3. The van der Waals surface area contributed by atoms with E-state index in [9.17, 15) is 4.79 Å². The van der Waals surface area contributed by atoms with E-state index in [-0.39, 0.29) is 11.8 Å². The van der Waals surface area contributed by atoms with E-state index in [1.165, 1.54) is 19.3 Å². The van der Waals surface area contributed by atoms with Crippen molar-refractivity contribution >= 4 is 5.91 Å². The van der Waals surface area contributed by atoms with Gasteiger partial charge in [0.25, 0.3) is 0 Å². The summed E-state index contributed by atoms with van der Waals surface area (Å²) < 4.78 is 0. The van der Waals surface area contributed by atoms with Crippen molar-refractivity contribution < 1.29 is 4.79 Å². The standard InChI is InChI=1S/C12H23N3O/c13-7-9-3-1-2-4-11(9)15-12(16)10-5-6-14-8-10/h9-11,14H,1-8,13H2,(H,15,16). The molecule has 1 saturated carbocycles. The molecule has 1 aliphatic carbocycles. The Kier molecular flexibility index (Phi) is 4.18. The highest BCUT2D eigenvalue weighted by Crippen LogP contribution is 2.24. The Balaban J connectivity index is 1.84. The fourth-order valence-corrected chi connectivity index (χ4v) is 2.86. The van der Waals surface area contributed by atoms with Crippen LogP contribution >= 0.6 is 0 Å². The van der Waals surface area contributed by atoms with Gasteiger partial charge in [-0.3, -0.25) is 4.79 Å². The first kappa shape index (κ1) is 11.9. The highest BCUT2D eigenvalue weighted by Gasteiger charge is 2.29. The molecule has 1 saturated heterocycles. The van der Waals surface area contributed by atoms with E-state index in [0.717, 1.165) is 25.9 Å². The third-order valence-electron chi connectivity index (χ3n) is 3.97. The molecule has 2 rings (SSSR count). The predicted molar refractivity (Wildman–Crippen MR) is 63.9 cm³/mol. The minimum absolute atomic E-state index is 0.181.